The van der Waals surface area contributed by atoms with Crippen LogP contribution in [0.2, 0.25) is 0 Å². The molecule has 7 nitrogen and oxygen atoms in total. The summed E-state index contributed by atoms with van der Waals surface area (Å²) in [6, 6.07) is 6.65. The Kier molecular flexibility index (Phi) is 5.12. The average molecular weight is 367 g/mol. The van der Waals surface area contributed by atoms with Crippen LogP contribution in [0.15, 0.2) is 41.5 Å². The van der Waals surface area contributed by atoms with Gasteiger partial charge in [0.15, 0.2) is 0 Å². The third-order valence-electron chi connectivity index (χ3n) is 5.71. The topological polar surface area (TPSA) is 114 Å². The first kappa shape index (κ1) is 18.8. The molecule has 0 saturated heterocycles. The highest BCUT2D eigenvalue weighted by atomic mass is 16.2. The number of aromatic nitrogens is 2. The largest absolute Gasteiger partial charge is 0.384 e. The van der Waals surface area contributed by atoms with Gasteiger partial charge in [-0.25, -0.2) is 0 Å². The van der Waals surface area contributed by atoms with Gasteiger partial charge >= 0.3 is 0 Å². The fraction of sp³-hybridized carbons (Fsp3) is 0.400. The van der Waals surface area contributed by atoms with Gasteiger partial charge in [0.1, 0.15) is 11.9 Å². The molecule has 27 heavy (non-hydrogen) atoms. The third kappa shape index (κ3) is 3.37. The summed E-state index contributed by atoms with van der Waals surface area (Å²) in [5, 5.41) is 10.4. The van der Waals surface area contributed by atoms with Gasteiger partial charge in [0.25, 0.3) is 5.56 Å². The van der Waals surface area contributed by atoms with Crippen LogP contribution in [0.1, 0.15) is 56.0 Å². The summed E-state index contributed by atoms with van der Waals surface area (Å²) in [5.41, 5.74) is 7.43. The number of benzene rings is 1. The van der Waals surface area contributed by atoms with Crippen molar-refractivity contribution in [2.75, 3.05) is 0 Å². The molecule has 2 heterocycles. The molecule has 0 spiro atoms. The van der Waals surface area contributed by atoms with E-state index < -0.39 is 6.04 Å². The van der Waals surface area contributed by atoms with Crippen LogP contribution in [0.4, 0.5) is 0 Å². The van der Waals surface area contributed by atoms with E-state index >= 15 is 0 Å². The van der Waals surface area contributed by atoms with Crippen molar-refractivity contribution >= 4 is 11.7 Å². The predicted molar refractivity (Wildman–Crippen MR) is 104 cm³/mol. The van der Waals surface area contributed by atoms with Gasteiger partial charge < -0.3 is 11.1 Å². The molecule has 1 aromatic heterocycles. The molecule has 0 saturated carbocycles. The van der Waals surface area contributed by atoms with Crippen LogP contribution in [0.3, 0.4) is 0 Å². The highest BCUT2D eigenvalue weighted by molar-refractivity contribution is 5.94. The lowest BCUT2D eigenvalue weighted by Crippen LogP contribution is -2.35. The molecule has 1 aliphatic rings. The molecule has 2 aromatic rings. The molecule has 1 atom stereocenters. The van der Waals surface area contributed by atoms with Gasteiger partial charge in [-0.1, -0.05) is 38.1 Å². The quantitative estimate of drug-likeness (QED) is 0.534. The molecule has 0 fully saturated rings. The van der Waals surface area contributed by atoms with Crippen LogP contribution in [0, 0.1) is 5.41 Å². The van der Waals surface area contributed by atoms with Crippen LogP contribution in [0.5, 0.6) is 0 Å². The standard InChI is InChI=1S/C20H25N5O2/c1-3-20(4-2)9-15(25-16(20)11-23-12-17(25)26)19(27)24-10-13-5-7-14(8-6-13)18(21)22/h5-8,11-12,15H,3-4,9-10H2,1-2H3,(H3,21,22)(H,24,27). The summed E-state index contributed by atoms with van der Waals surface area (Å²) >= 11 is 0. The van der Waals surface area contributed by atoms with Gasteiger partial charge in [0.05, 0.1) is 6.20 Å². The van der Waals surface area contributed by atoms with Gasteiger partial charge in [0.2, 0.25) is 5.91 Å². The maximum Gasteiger partial charge on any atom is 0.269 e. The number of hydrogen-bond acceptors (Lipinski definition) is 4. The molecule has 142 valence electrons. The second kappa shape index (κ2) is 7.34. The second-order valence-electron chi connectivity index (χ2n) is 7.04. The van der Waals surface area contributed by atoms with E-state index in [4.69, 9.17) is 11.1 Å². The number of hydrogen-bond donors (Lipinski definition) is 3. The number of nitrogens with two attached hydrogens (primary N) is 1. The van der Waals surface area contributed by atoms with Crippen molar-refractivity contribution in [2.24, 2.45) is 5.73 Å². The lowest BCUT2D eigenvalue weighted by molar-refractivity contribution is -0.124. The smallest absolute Gasteiger partial charge is 0.269 e. The first-order valence-electron chi connectivity index (χ1n) is 9.20. The minimum absolute atomic E-state index is 0.0107. The number of nitrogens with one attached hydrogen (secondary N) is 2. The summed E-state index contributed by atoms with van der Waals surface area (Å²) in [5.74, 6) is -0.152. The number of nitrogen functional groups attached to an aromatic ring is 1. The van der Waals surface area contributed by atoms with E-state index in [1.807, 2.05) is 12.1 Å². The number of amidine groups is 1. The molecule has 0 bridgehead atoms. The lowest BCUT2D eigenvalue weighted by Gasteiger charge is -2.25. The van der Waals surface area contributed by atoms with E-state index in [9.17, 15) is 9.59 Å². The fourth-order valence-electron chi connectivity index (χ4n) is 3.91. The number of amides is 1. The first-order valence-corrected chi connectivity index (χ1v) is 9.20. The Balaban J connectivity index is 1.79. The Morgan fingerprint density at radius 1 is 1.30 bits per heavy atom. The number of rotatable bonds is 6. The van der Waals surface area contributed by atoms with Crippen molar-refractivity contribution in [1.29, 1.82) is 5.41 Å². The van der Waals surface area contributed by atoms with Crippen LogP contribution in [-0.2, 0) is 16.8 Å². The normalized spacial score (nSPS) is 17.3. The van der Waals surface area contributed by atoms with Crippen molar-refractivity contribution in [3.8, 4) is 0 Å². The zero-order valence-corrected chi connectivity index (χ0v) is 15.7. The van der Waals surface area contributed by atoms with Gasteiger partial charge in [-0.2, -0.15) is 0 Å². The Labute approximate surface area is 158 Å². The zero-order chi connectivity index (χ0) is 19.6. The Hall–Kier alpha value is -2.96. The lowest BCUT2D eigenvalue weighted by atomic mass is 9.77. The van der Waals surface area contributed by atoms with E-state index in [2.05, 4.69) is 24.1 Å². The van der Waals surface area contributed by atoms with E-state index in [0.717, 1.165) is 24.1 Å². The molecule has 1 unspecified atom stereocenters. The highest BCUT2D eigenvalue weighted by Gasteiger charge is 2.44. The summed E-state index contributed by atoms with van der Waals surface area (Å²) in [4.78, 5) is 29.4. The molecule has 1 amide bonds. The van der Waals surface area contributed by atoms with E-state index in [1.54, 1.807) is 22.9 Å². The van der Waals surface area contributed by atoms with Crippen molar-refractivity contribution in [1.82, 2.24) is 14.9 Å². The Morgan fingerprint density at radius 3 is 2.56 bits per heavy atom. The third-order valence-corrected chi connectivity index (χ3v) is 5.71. The molecule has 1 aliphatic heterocycles. The summed E-state index contributed by atoms with van der Waals surface area (Å²) in [6.07, 6.45) is 5.31. The van der Waals surface area contributed by atoms with E-state index in [-0.39, 0.29) is 22.7 Å². The molecule has 1 aromatic carbocycles. The summed E-state index contributed by atoms with van der Waals surface area (Å²) < 4.78 is 1.61. The second-order valence-corrected chi connectivity index (χ2v) is 7.04. The van der Waals surface area contributed by atoms with E-state index in [0.29, 0.717) is 18.5 Å². The Bertz CT molecular complexity index is 913. The number of nitrogens with zero attached hydrogens (tertiary/aromatic N) is 2. The average Bonchev–Trinajstić information content (AvgIpc) is 3.03. The fourth-order valence-corrected chi connectivity index (χ4v) is 3.91. The SMILES string of the molecule is CCC1(CC)CC(C(=O)NCc2ccc(C(=N)N)cc2)n2c1cncc2=O. The highest BCUT2D eigenvalue weighted by Crippen LogP contribution is 2.44. The summed E-state index contributed by atoms with van der Waals surface area (Å²) in [6.45, 7) is 4.53. The van der Waals surface area contributed by atoms with Crippen molar-refractivity contribution in [3.63, 3.8) is 0 Å². The van der Waals surface area contributed by atoms with Crippen LogP contribution in [0.25, 0.3) is 0 Å². The maximum absolute atomic E-state index is 12.9. The minimum Gasteiger partial charge on any atom is -0.384 e. The molecule has 3 rings (SSSR count). The minimum atomic E-state index is -0.521. The number of carbonyl (C=O) groups excluding carboxylic acids is 1. The van der Waals surface area contributed by atoms with Crippen molar-refractivity contribution in [2.45, 2.75) is 51.1 Å². The molecular formula is C20H25N5O2. The van der Waals surface area contributed by atoms with Crippen molar-refractivity contribution in [3.05, 3.63) is 63.8 Å². The van der Waals surface area contributed by atoms with Crippen LogP contribution < -0.4 is 16.6 Å². The first-order chi connectivity index (χ1) is 12.9. The predicted octanol–water partition coefficient (Wildman–Crippen LogP) is 1.85. The maximum atomic E-state index is 12.9. The van der Waals surface area contributed by atoms with Gasteiger partial charge in [-0.05, 0) is 24.8 Å². The molecule has 4 N–H and O–H groups in total. The van der Waals surface area contributed by atoms with Crippen LogP contribution >= 0.6 is 0 Å². The van der Waals surface area contributed by atoms with Gasteiger partial charge in [-0.15, -0.1) is 0 Å². The molecule has 7 heteroatoms. The number of carbonyl (C=O) groups is 1. The summed E-state index contributed by atoms with van der Waals surface area (Å²) in [7, 11) is 0. The van der Waals surface area contributed by atoms with Gasteiger partial charge in [-0.3, -0.25) is 24.5 Å². The molecule has 0 aliphatic carbocycles. The van der Waals surface area contributed by atoms with Crippen LogP contribution in [-0.4, -0.2) is 21.3 Å². The Morgan fingerprint density at radius 2 is 1.96 bits per heavy atom. The van der Waals surface area contributed by atoms with Crippen molar-refractivity contribution < 1.29 is 4.79 Å². The zero-order valence-electron chi connectivity index (χ0n) is 15.7. The molecular weight excluding hydrogens is 342 g/mol. The monoisotopic (exact) mass is 367 g/mol. The number of fused-ring (bicyclic) bond motifs is 1. The molecule has 0 radical (unpaired) electrons. The van der Waals surface area contributed by atoms with E-state index in [1.165, 1.54) is 6.20 Å². The van der Waals surface area contributed by atoms with Gasteiger partial charge in [0, 0.05) is 29.4 Å².